The molecule has 1 aliphatic rings. The normalized spacial score (nSPS) is 17.8. The number of hydrogen-bond donors (Lipinski definition) is 1. The monoisotopic (exact) mass is 328 g/mol. The van der Waals surface area contributed by atoms with Gasteiger partial charge >= 0.3 is 0 Å². The number of nitrogens with one attached hydrogen (secondary N) is 1. The molecule has 1 fully saturated rings. The molecule has 1 atom stereocenters. The molecular formula is C15H16N6OS. The minimum atomic E-state index is 0.0681. The van der Waals surface area contributed by atoms with Gasteiger partial charge in [-0.1, -0.05) is 0 Å². The van der Waals surface area contributed by atoms with Crippen LogP contribution in [-0.2, 0) is 0 Å². The minimum Gasteiger partial charge on any atom is -0.364 e. The molecule has 4 heterocycles. The number of nitrogens with zero attached hydrogens (tertiary/aromatic N) is 5. The molecule has 8 heteroatoms. The van der Waals surface area contributed by atoms with Gasteiger partial charge in [0.15, 0.2) is 5.65 Å². The van der Waals surface area contributed by atoms with Gasteiger partial charge in [0.1, 0.15) is 5.82 Å². The Morgan fingerprint density at radius 2 is 2.35 bits per heavy atom. The molecule has 1 unspecified atom stereocenters. The van der Waals surface area contributed by atoms with E-state index in [2.05, 4.69) is 19.8 Å². The average molecular weight is 328 g/mol. The maximum atomic E-state index is 12.5. The highest BCUT2D eigenvalue weighted by Crippen LogP contribution is 2.19. The predicted octanol–water partition coefficient (Wildman–Crippen LogP) is 1.82. The van der Waals surface area contributed by atoms with Gasteiger partial charge in [0, 0.05) is 36.9 Å². The number of carbonyl (C=O) groups excluding carboxylic acids is 1. The van der Waals surface area contributed by atoms with Crippen molar-refractivity contribution in [2.24, 2.45) is 0 Å². The molecule has 3 aromatic heterocycles. The van der Waals surface area contributed by atoms with E-state index in [1.165, 1.54) is 11.5 Å². The molecule has 1 N–H and O–H groups in total. The third-order valence-electron chi connectivity index (χ3n) is 4.06. The fraction of sp³-hybridized carbons (Fsp3) is 0.333. The summed E-state index contributed by atoms with van der Waals surface area (Å²) in [5, 5.41) is 9.69. The molecule has 0 aromatic carbocycles. The molecule has 118 valence electrons. The van der Waals surface area contributed by atoms with Crippen LogP contribution in [0.3, 0.4) is 0 Å². The molecule has 4 rings (SSSR count). The van der Waals surface area contributed by atoms with Crippen LogP contribution in [0.2, 0.25) is 0 Å². The summed E-state index contributed by atoms with van der Waals surface area (Å²) in [7, 11) is 0. The van der Waals surface area contributed by atoms with Crippen LogP contribution < -0.4 is 5.32 Å². The van der Waals surface area contributed by atoms with Crippen molar-refractivity contribution in [3.63, 3.8) is 0 Å². The van der Waals surface area contributed by atoms with Crippen LogP contribution in [0.15, 0.2) is 29.9 Å². The summed E-state index contributed by atoms with van der Waals surface area (Å²) in [5.74, 6) is 0.863. The first-order valence-electron chi connectivity index (χ1n) is 7.48. The minimum absolute atomic E-state index is 0.0681. The molecule has 1 saturated heterocycles. The Morgan fingerprint density at radius 1 is 1.43 bits per heavy atom. The van der Waals surface area contributed by atoms with E-state index in [1.54, 1.807) is 10.7 Å². The van der Waals surface area contributed by atoms with Crippen LogP contribution in [0.1, 0.15) is 22.5 Å². The van der Waals surface area contributed by atoms with Crippen LogP contribution >= 0.6 is 11.5 Å². The number of anilines is 1. The number of amides is 1. The summed E-state index contributed by atoms with van der Waals surface area (Å²) in [6.07, 6.45) is 4.45. The zero-order valence-electron chi connectivity index (χ0n) is 12.6. The van der Waals surface area contributed by atoms with Crippen molar-refractivity contribution in [3.05, 3.63) is 41.2 Å². The van der Waals surface area contributed by atoms with Crippen LogP contribution in [-0.4, -0.2) is 48.9 Å². The number of likely N-dealkylation sites (tertiary alicyclic amines) is 1. The van der Waals surface area contributed by atoms with E-state index in [4.69, 9.17) is 0 Å². The van der Waals surface area contributed by atoms with Gasteiger partial charge in [-0.05, 0) is 37.0 Å². The first-order chi connectivity index (χ1) is 11.2. The van der Waals surface area contributed by atoms with E-state index >= 15 is 0 Å². The number of aryl methyl sites for hydroxylation is 1. The highest BCUT2D eigenvalue weighted by molar-refractivity contribution is 7.03. The van der Waals surface area contributed by atoms with Gasteiger partial charge in [-0.25, -0.2) is 9.50 Å². The lowest BCUT2D eigenvalue weighted by Gasteiger charge is -2.17. The van der Waals surface area contributed by atoms with E-state index in [9.17, 15) is 4.79 Å². The number of hydrogen-bond acceptors (Lipinski definition) is 6. The highest BCUT2D eigenvalue weighted by Gasteiger charge is 2.28. The zero-order valence-corrected chi connectivity index (χ0v) is 13.5. The van der Waals surface area contributed by atoms with E-state index in [0.717, 1.165) is 30.1 Å². The predicted molar refractivity (Wildman–Crippen MR) is 87.8 cm³/mol. The molecule has 1 aliphatic heterocycles. The van der Waals surface area contributed by atoms with Gasteiger partial charge in [-0.2, -0.15) is 4.37 Å². The van der Waals surface area contributed by atoms with Crippen molar-refractivity contribution in [1.29, 1.82) is 0 Å². The molecule has 23 heavy (non-hydrogen) atoms. The molecule has 0 bridgehead atoms. The van der Waals surface area contributed by atoms with Gasteiger partial charge in [-0.3, -0.25) is 4.79 Å². The van der Waals surface area contributed by atoms with Crippen LogP contribution in [0, 0.1) is 6.92 Å². The van der Waals surface area contributed by atoms with Gasteiger partial charge in [0.25, 0.3) is 5.91 Å². The Kier molecular flexibility index (Phi) is 3.45. The maximum absolute atomic E-state index is 12.5. The lowest BCUT2D eigenvalue weighted by atomic mass is 10.2. The van der Waals surface area contributed by atoms with Gasteiger partial charge in [0.2, 0.25) is 0 Å². The molecular weight excluding hydrogens is 312 g/mol. The Bertz CT molecular complexity index is 856. The Labute approximate surface area is 137 Å². The smallest absolute Gasteiger partial charge is 0.256 e. The SMILES string of the molecule is Cc1nscc1C(=O)N1CCC(Nc2ccc3nccn3n2)C1. The Morgan fingerprint density at radius 3 is 3.17 bits per heavy atom. The molecule has 3 aromatic rings. The number of imidazole rings is 1. The Hall–Kier alpha value is -2.48. The van der Waals surface area contributed by atoms with Crippen molar-refractivity contribution in [2.75, 3.05) is 18.4 Å². The summed E-state index contributed by atoms with van der Waals surface area (Å²) in [4.78, 5) is 18.6. The third-order valence-corrected chi connectivity index (χ3v) is 4.78. The molecule has 1 amide bonds. The molecule has 0 radical (unpaired) electrons. The van der Waals surface area contributed by atoms with Gasteiger partial charge in [0.05, 0.1) is 11.3 Å². The topological polar surface area (TPSA) is 75.4 Å². The van der Waals surface area contributed by atoms with Crippen LogP contribution in [0.4, 0.5) is 5.82 Å². The van der Waals surface area contributed by atoms with Crippen LogP contribution in [0.5, 0.6) is 0 Å². The lowest BCUT2D eigenvalue weighted by molar-refractivity contribution is 0.0791. The largest absolute Gasteiger partial charge is 0.364 e. The summed E-state index contributed by atoms with van der Waals surface area (Å²) in [6.45, 7) is 3.30. The van der Waals surface area contributed by atoms with E-state index in [0.29, 0.717) is 12.1 Å². The van der Waals surface area contributed by atoms with Crippen molar-refractivity contribution in [1.82, 2.24) is 23.9 Å². The zero-order chi connectivity index (χ0) is 15.8. The second-order valence-electron chi connectivity index (χ2n) is 5.64. The van der Waals surface area contributed by atoms with Crippen molar-refractivity contribution in [3.8, 4) is 0 Å². The standard InChI is InChI=1S/C15H16N6OS/c1-10-12(9-23-19-10)15(22)20-6-4-11(8-20)17-13-2-3-14-16-5-7-21(14)18-13/h2-3,5,7,9,11H,4,6,8H2,1H3,(H,17,18). The fourth-order valence-electron chi connectivity index (χ4n) is 2.83. The summed E-state index contributed by atoms with van der Waals surface area (Å²) >= 11 is 1.33. The van der Waals surface area contributed by atoms with E-state index in [1.807, 2.05) is 35.5 Å². The molecule has 0 spiro atoms. The summed E-state index contributed by atoms with van der Waals surface area (Å²) in [6, 6.07) is 4.05. The third kappa shape index (κ3) is 2.65. The lowest BCUT2D eigenvalue weighted by Crippen LogP contribution is -2.32. The van der Waals surface area contributed by atoms with E-state index < -0.39 is 0 Å². The Balaban J connectivity index is 1.44. The van der Waals surface area contributed by atoms with Crippen molar-refractivity contribution < 1.29 is 4.79 Å². The summed E-state index contributed by atoms with van der Waals surface area (Å²) in [5.41, 5.74) is 2.34. The van der Waals surface area contributed by atoms with Crippen molar-refractivity contribution in [2.45, 2.75) is 19.4 Å². The number of aromatic nitrogens is 4. The van der Waals surface area contributed by atoms with Gasteiger partial charge in [-0.15, -0.1) is 5.10 Å². The molecule has 0 aliphatic carbocycles. The second kappa shape index (κ2) is 5.62. The molecule has 0 saturated carbocycles. The highest BCUT2D eigenvalue weighted by atomic mass is 32.1. The first kappa shape index (κ1) is 14.1. The number of rotatable bonds is 3. The fourth-order valence-corrected chi connectivity index (χ4v) is 3.52. The van der Waals surface area contributed by atoms with Crippen molar-refractivity contribution >= 4 is 28.9 Å². The van der Waals surface area contributed by atoms with E-state index in [-0.39, 0.29) is 11.9 Å². The quantitative estimate of drug-likeness (QED) is 0.794. The average Bonchev–Trinajstić information content (AvgIpc) is 3.26. The summed E-state index contributed by atoms with van der Waals surface area (Å²) < 4.78 is 5.92. The first-order valence-corrected chi connectivity index (χ1v) is 8.31. The molecule has 7 nitrogen and oxygen atoms in total. The van der Waals surface area contributed by atoms with Gasteiger partial charge < -0.3 is 10.2 Å². The second-order valence-corrected chi connectivity index (χ2v) is 6.27. The number of fused-ring (bicyclic) bond motifs is 1. The van der Waals surface area contributed by atoms with Crippen LogP contribution in [0.25, 0.3) is 5.65 Å². The number of carbonyl (C=O) groups is 1. The maximum Gasteiger partial charge on any atom is 0.256 e.